The number of anilines is 1. The number of piperidine rings is 1. The first-order valence-electron chi connectivity index (χ1n) is 9.92. The fourth-order valence-corrected chi connectivity index (χ4v) is 3.68. The maximum Gasteiger partial charge on any atom is 0.225 e. The van der Waals surface area contributed by atoms with Crippen LogP contribution in [0.3, 0.4) is 0 Å². The summed E-state index contributed by atoms with van der Waals surface area (Å²) in [7, 11) is 0. The van der Waals surface area contributed by atoms with Crippen LogP contribution in [0.15, 0.2) is 48.5 Å². The molecule has 1 aliphatic heterocycles. The second kappa shape index (κ2) is 8.33. The average molecular weight is 378 g/mol. The standard InChI is InChI=1S/C22H26N4O2/c1-2-28-18-11-9-16(10-12-18)14-23-21(27)17-6-5-13-26(15-17)22-24-19-7-3-4-8-20(19)25-22/h3-4,7-12,17H,2,5-6,13-15H2,1H3,(H,23,27)(H,24,25)/t17-/m1/s1. The van der Waals surface area contributed by atoms with E-state index >= 15 is 0 Å². The highest BCUT2D eigenvalue weighted by molar-refractivity contribution is 5.80. The molecule has 2 aromatic carbocycles. The Labute approximate surface area is 164 Å². The van der Waals surface area contributed by atoms with Gasteiger partial charge in [-0.05, 0) is 49.6 Å². The van der Waals surface area contributed by atoms with E-state index < -0.39 is 0 Å². The summed E-state index contributed by atoms with van der Waals surface area (Å²) in [5.41, 5.74) is 3.06. The Kier molecular flexibility index (Phi) is 5.46. The van der Waals surface area contributed by atoms with Crippen LogP contribution in [-0.4, -0.2) is 35.6 Å². The molecule has 1 atom stereocenters. The summed E-state index contributed by atoms with van der Waals surface area (Å²) in [5.74, 6) is 1.79. The summed E-state index contributed by atoms with van der Waals surface area (Å²) in [5, 5.41) is 3.08. The van der Waals surface area contributed by atoms with Gasteiger partial charge in [0.15, 0.2) is 0 Å². The number of carbonyl (C=O) groups excluding carboxylic acids is 1. The highest BCUT2D eigenvalue weighted by Crippen LogP contribution is 2.23. The first-order chi connectivity index (χ1) is 13.7. The summed E-state index contributed by atoms with van der Waals surface area (Å²) < 4.78 is 5.46. The van der Waals surface area contributed by atoms with E-state index in [1.807, 2.05) is 55.5 Å². The number of carbonyl (C=O) groups is 1. The number of amides is 1. The molecular formula is C22H26N4O2. The van der Waals surface area contributed by atoms with Crippen molar-refractivity contribution < 1.29 is 9.53 Å². The van der Waals surface area contributed by atoms with E-state index in [0.29, 0.717) is 19.7 Å². The lowest BCUT2D eigenvalue weighted by atomic mass is 9.97. The molecule has 6 nitrogen and oxygen atoms in total. The van der Waals surface area contributed by atoms with E-state index in [2.05, 4.69) is 20.2 Å². The van der Waals surface area contributed by atoms with Gasteiger partial charge in [0.05, 0.1) is 23.6 Å². The zero-order chi connectivity index (χ0) is 19.3. The van der Waals surface area contributed by atoms with Crippen molar-refractivity contribution >= 4 is 22.9 Å². The van der Waals surface area contributed by atoms with E-state index in [-0.39, 0.29) is 11.8 Å². The van der Waals surface area contributed by atoms with Gasteiger partial charge < -0.3 is 19.9 Å². The number of aromatic amines is 1. The minimum atomic E-state index is -0.0235. The molecular weight excluding hydrogens is 352 g/mol. The Hall–Kier alpha value is -3.02. The van der Waals surface area contributed by atoms with Crippen LogP contribution in [0.4, 0.5) is 5.95 Å². The highest BCUT2D eigenvalue weighted by Gasteiger charge is 2.27. The van der Waals surface area contributed by atoms with Crippen LogP contribution in [0.25, 0.3) is 11.0 Å². The van der Waals surface area contributed by atoms with Crippen LogP contribution in [0.1, 0.15) is 25.3 Å². The normalized spacial score (nSPS) is 16.9. The topological polar surface area (TPSA) is 70.2 Å². The summed E-state index contributed by atoms with van der Waals surface area (Å²) in [6.45, 7) is 4.76. The van der Waals surface area contributed by atoms with Crippen LogP contribution >= 0.6 is 0 Å². The largest absolute Gasteiger partial charge is 0.494 e. The van der Waals surface area contributed by atoms with E-state index in [4.69, 9.17) is 4.74 Å². The fourth-order valence-electron chi connectivity index (χ4n) is 3.68. The first-order valence-corrected chi connectivity index (χ1v) is 9.92. The SMILES string of the molecule is CCOc1ccc(CNC(=O)[C@@H]2CCCN(c3nc4ccccc4[nH]3)C2)cc1. The lowest BCUT2D eigenvalue weighted by Crippen LogP contribution is -2.43. The van der Waals surface area contributed by atoms with Gasteiger partial charge in [-0.15, -0.1) is 0 Å². The molecule has 1 saturated heterocycles. The molecule has 0 spiro atoms. The second-order valence-corrected chi connectivity index (χ2v) is 7.16. The molecule has 3 aromatic rings. The minimum Gasteiger partial charge on any atom is -0.494 e. The molecule has 2 N–H and O–H groups in total. The number of H-pyrrole nitrogens is 1. The molecule has 28 heavy (non-hydrogen) atoms. The lowest BCUT2D eigenvalue weighted by Gasteiger charge is -2.31. The molecule has 146 valence electrons. The molecule has 4 rings (SSSR count). The van der Waals surface area contributed by atoms with Crippen LogP contribution in [0.5, 0.6) is 5.75 Å². The van der Waals surface area contributed by atoms with Crippen molar-refractivity contribution in [1.29, 1.82) is 0 Å². The van der Waals surface area contributed by atoms with Crippen molar-refractivity contribution in [3.63, 3.8) is 0 Å². The molecule has 0 bridgehead atoms. The predicted molar refractivity (Wildman–Crippen MR) is 110 cm³/mol. The van der Waals surface area contributed by atoms with Gasteiger partial charge in [-0.3, -0.25) is 4.79 Å². The van der Waals surface area contributed by atoms with Crippen molar-refractivity contribution in [2.24, 2.45) is 5.92 Å². The molecule has 0 saturated carbocycles. The Morgan fingerprint density at radius 2 is 2.07 bits per heavy atom. The number of nitrogens with one attached hydrogen (secondary N) is 2. The van der Waals surface area contributed by atoms with Crippen LogP contribution in [0.2, 0.25) is 0 Å². The van der Waals surface area contributed by atoms with Crippen LogP contribution < -0.4 is 15.0 Å². The summed E-state index contributed by atoms with van der Waals surface area (Å²) in [6, 6.07) is 15.9. The third-order valence-corrected chi connectivity index (χ3v) is 5.17. The fraction of sp³-hybridized carbons (Fsp3) is 0.364. The maximum atomic E-state index is 12.7. The molecule has 0 unspecified atom stereocenters. The van der Waals surface area contributed by atoms with Gasteiger partial charge in [0, 0.05) is 19.6 Å². The van der Waals surface area contributed by atoms with Crippen molar-refractivity contribution in [1.82, 2.24) is 15.3 Å². The molecule has 2 heterocycles. The quantitative estimate of drug-likeness (QED) is 0.689. The van der Waals surface area contributed by atoms with Gasteiger partial charge >= 0.3 is 0 Å². The van der Waals surface area contributed by atoms with E-state index in [1.165, 1.54) is 0 Å². The lowest BCUT2D eigenvalue weighted by molar-refractivity contribution is -0.125. The number of hydrogen-bond donors (Lipinski definition) is 2. The monoisotopic (exact) mass is 378 g/mol. The molecule has 0 radical (unpaired) electrons. The van der Waals surface area contributed by atoms with E-state index in [0.717, 1.165) is 47.7 Å². The number of ether oxygens (including phenoxy) is 1. The number of rotatable bonds is 6. The Morgan fingerprint density at radius 1 is 1.25 bits per heavy atom. The van der Waals surface area contributed by atoms with Gasteiger partial charge in [0.25, 0.3) is 0 Å². The zero-order valence-electron chi connectivity index (χ0n) is 16.1. The van der Waals surface area contributed by atoms with Crippen molar-refractivity contribution in [2.75, 3.05) is 24.6 Å². The van der Waals surface area contributed by atoms with Gasteiger partial charge in [-0.2, -0.15) is 0 Å². The second-order valence-electron chi connectivity index (χ2n) is 7.16. The first kappa shape index (κ1) is 18.3. The highest BCUT2D eigenvalue weighted by atomic mass is 16.5. The van der Waals surface area contributed by atoms with Crippen LogP contribution in [-0.2, 0) is 11.3 Å². The third kappa shape index (κ3) is 4.11. The Morgan fingerprint density at radius 3 is 2.86 bits per heavy atom. The van der Waals surface area contributed by atoms with Gasteiger partial charge in [0.2, 0.25) is 11.9 Å². The number of aromatic nitrogens is 2. The smallest absolute Gasteiger partial charge is 0.225 e. The van der Waals surface area contributed by atoms with Crippen molar-refractivity contribution in [3.8, 4) is 5.75 Å². The van der Waals surface area contributed by atoms with Gasteiger partial charge in [-0.25, -0.2) is 4.98 Å². The molecule has 1 amide bonds. The minimum absolute atomic E-state index is 0.0235. The number of imidazole rings is 1. The number of para-hydroxylation sites is 2. The van der Waals surface area contributed by atoms with E-state index in [1.54, 1.807) is 0 Å². The third-order valence-electron chi connectivity index (χ3n) is 5.17. The predicted octanol–water partition coefficient (Wildman–Crippen LogP) is 3.49. The van der Waals surface area contributed by atoms with Crippen LogP contribution in [0, 0.1) is 5.92 Å². The Bertz CT molecular complexity index is 902. The number of nitrogens with zero attached hydrogens (tertiary/aromatic N) is 2. The van der Waals surface area contributed by atoms with E-state index in [9.17, 15) is 4.79 Å². The van der Waals surface area contributed by atoms with Gasteiger partial charge in [0.1, 0.15) is 5.75 Å². The Balaban J connectivity index is 1.35. The molecule has 0 aliphatic carbocycles. The van der Waals surface area contributed by atoms with Gasteiger partial charge in [-0.1, -0.05) is 24.3 Å². The number of benzene rings is 2. The van der Waals surface area contributed by atoms with Crippen molar-refractivity contribution in [3.05, 3.63) is 54.1 Å². The molecule has 1 aromatic heterocycles. The molecule has 6 heteroatoms. The van der Waals surface area contributed by atoms with Crippen molar-refractivity contribution in [2.45, 2.75) is 26.3 Å². The summed E-state index contributed by atoms with van der Waals surface area (Å²) >= 11 is 0. The number of hydrogen-bond acceptors (Lipinski definition) is 4. The maximum absolute atomic E-state index is 12.7. The summed E-state index contributed by atoms with van der Waals surface area (Å²) in [4.78, 5) is 22.9. The zero-order valence-corrected chi connectivity index (χ0v) is 16.1. The molecule has 1 fully saturated rings. The number of fused-ring (bicyclic) bond motifs is 1. The molecule has 1 aliphatic rings. The summed E-state index contributed by atoms with van der Waals surface area (Å²) in [6.07, 6.45) is 1.89. The average Bonchev–Trinajstić information content (AvgIpc) is 3.18.